The summed E-state index contributed by atoms with van der Waals surface area (Å²) in [6.07, 6.45) is 4.29. The van der Waals surface area contributed by atoms with Crippen LogP contribution in [-0.4, -0.2) is 4.57 Å². The number of benzene rings is 2. The summed E-state index contributed by atoms with van der Waals surface area (Å²) in [7, 11) is 4.24. The molecule has 5 rings (SSSR count). The Bertz CT molecular complexity index is 1340. The van der Waals surface area contributed by atoms with Crippen LogP contribution in [0.25, 0.3) is 43.7 Å². The predicted molar refractivity (Wildman–Crippen MR) is 103 cm³/mol. The Hall–Kier alpha value is -2.81. The van der Waals surface area contributed by atoms with Gasteiger partial charge in [-0.1, -0.05) is 6.07 Å². The van der Waals surface area contributed by atoms with E-state index in [1.54, 1.807) is 0 Å². The van der Waals surface area contributed by atoms with E-state index in [4.69, 9.17) is 4.42 Å². The topological polar surface area (TPSA) is 21.9 Å². The lowest BCUT2D eigenvalue weighted by atomic mass is 9.97. The van der Waals surface area contributed by atoms with Gasteiger partial charge in [-0.15, -0.1) is 0 Å². The summed E-state index contributed by atoms with van der Waals surface area (Å²) in [5, 5.41) is 4.93. The van der Waals surface area contributed by atoms with Crippen molar-refractivity contribution in [3.63, 3.8) is 0 Å². The van der Waals surface area contributed by atoms with E-state index in [0.717, 1.165) is 11.2 Å². The zero-order chi connectivity index (χ0) is 17.5. The molecule has 0 saturated heterocycles. The minimum absolute atomic E-state index is 0.964. The molecule has 3 heteroatoms. The first-order valence-electron chi connectivity index (χ1n) is 8.67. The number of hydrogen-bond acceptors (Lipinski definition) is 1. The third-order valence-electron chi connectivity index (χ3n) is 5.57. The minimum atomic E-state index is 0.964. The third-order valence-corrected chi connectivity index (χ3v) is 5.57. The van der Waals surface area contributed by atoms with E-state index in [-0.39, 0.29) is 0 Å². The smallest absolute Gasteiger partial charge is 0.216 e. The Morgan fingerprint density at radius 1 is 1.00 bits per heavy atom. The zero-order valence-corrected chi connectivity index (χ0v) is 15.3. The van der Waals surface area contributed by atoms with E-state index in [9.17, 15) is 0 Å². The van der Waals surface area contributed by atoms with Crippen molar-refractivity contribution in [2.45, 2.75) is 20.8 Å². The Kier molecular flexibility index (Phi) is 2.69. The molecule has 0 aliphatic rings. The lowest BCUT2D eigenvalue weighted by Gasteiger charge is -2.16. The van der Waals surface area contributed by atoms with Gasteiger partial charge in [0.2, 0.25) is 5.52 Å². The summed E-state index contributed by atoms with van der Waals surface area (Å²) in [5.41, 5.74) is 8.20. The first-order chi connectivity index (χ1) is 12.0. The molecule has 5 aromatic rings. The standard InChI is InChI=1S/C22H21N2O/c1-12-10-15-6-8-24(5)21-18-14(3)20-16(7-9-23(20)4)13(2)22(18)25-17(11-12)19(15)21/h6-11H,1-5H3/q+1. The van der Waals surface area contributed by atoms with Gasteiger partial charge in [0.1, 0.15) is 18.2 Å². The average Bonchev–Trinajstić information content (AvgIpc) is 2.97. The maximum atomic E-state index is 6.49. The number of aryl methyl sites for hydroxylation is 5. The van der Waals surface area contributed by atoms with Crippen LogP contribution in [0.2, 0.25) is 0 Å². The van der Waals surface area contributed by atoms with E-state index in [0.29, 0.717) is 0 Å². The Morgan fingerprint density at radius 3 is 2.60 bits per heavy atom. The van der Waals surface area contributed by atoms with Gasteiger partial charge in [-0.25, -0.2) is 4.57 Å². The number of hydrogen-bond donors (Lipinski definition) is 0. The molecule has 0 spiro atoms. The molecular formula is C22H21N2O+. The van der Waals surface area contributed by atoms with Crippen LogP contribution in [0, 0.1) is 20.8 Å². The second-order valence-electron chi connectivity index (χ2n) is 7.25. The SMILES string of the molecule is Cc1cc2ccn(C)c3c4c(C)c5c(cc[n+]5C)c(C)c4oc(c1)c23. The van der Waals surface area contributed by atoms with Crippen molar-refractivity contribution in [2.75, 3.05) is 0 Å². The summed E-state index contributed by atoms with van der Waals surface area (Å²) in [5.74, 6) is 0. The van der Waals surface area contributed by atoms with E-state index < -0.39 is 0 Å². The second-order valence-corrected chi connectivity index (χ2v) is 7.25. The van der Waals surface area contributed by atoms with E-state index in [1.807, 2.05) is 0 Å². The molecule has 0 bridgehead atoms. The molecule has 0 unspecified atom stereocenters. The highest BCUT2D eigenvalue weighted by atomic mass is 16.3. The van der Waals surface area contributed by atoms with Crippen LogP contribution in [0.3, 0.4) is 0 Å². The largest absolute Gasteiger partial charge is 0.456 e. The molecular weight excluding hydrogens is 308 g/mol. The highest BCUT2D eigenvalue weighted by Crippen LogP contribution is 2.39. The summed E-state index contributed by atoms with van der Waals surface area (Å²) in [6, 6.07) is 8.75. The molecule has 3 aromatic heterocycles. The van der Waals surface area contributed by atoms with Crippen LogP contribution in [0.1, 0.15) is 16.7 Å². The molecule has 0 aliphatic heterocycles. The van der Waals surface area contributed by atoms with E-state index >= 15 is 0 Å². The fourth-order valence-electron chi connectivity index (χ4n) is 4.41. The molecule has 3 nitrogen and oxygen atoms in total. The van der Waals surface area contributed by atoms with E-state index in [2.05, 4.69) is 80.7 Å². The molecule has 0 aliphatic carbocycles. The van der Waals surface area contributed by atoms with Crippen LogP contribution in [0.5, 0.6) is 0 Å². The highest BCUT2D eigenvalue weighted by Gasteiger charge is 2.22. The lowest BCUT2D eigenvalue weighted by Crippen LogP contribution is -2.25. The van der Waals surface area contributed by atoms with E-state index in [1.165, 1.54) is 49.3 Å². The fourth-order valence-corrected chi connectivity index (χ4v) is 4.41. The summed E-state index contributed by atoms with van der Waals surface area (Å²) < 4.78 is 10.9. The minimum Gasteiger partial charge on any atom is -0.456 e. The molecule has 2 aromatic carbocycles. The number of pyridine rings is 1. The maximum Gasteiger partial charge on any atom is 0.216 e. The number of fused-ring (bicyclic) bond motifs is 3. The average molecular weight is 329 g/mol. The van der Waals surface area contributed by atoms with Gasteiger partial charge in [-0.05, 0) is 43.9 Å². The Balaban J connectivity index is 2.22. The second kappa shape index (κ2) is 4.63. The number of nitrogens with zero attached hydrogens (tertiary/aromatic N) is 2. The molecule has 3 heterocycles. The van der Waals surface area contributed by atoms with Gasteiger partial charge in [-0.2, -0.15) is 0 Å². The van der Waals surface area contributed by atoms with Gasteiger partial charge < -0.3 is 8.98 Å². The summed E-state index contributed by atoms with van der Waals surface area (Å²) >= 11 is 0. The molecule has 0 atom stereocenters. The monoisotopic (exact) mass is 329 g/mol. The normalized spacial score (nSPS) is 12.2. The van der Waals surface area contributed by atoms with Gasteiger partial charge in [0, 0.05) is 35.8 Å². The Morgan fingerprint density at radius 2 is 1.80 bits per heavy atom. The summed E-state index contributed by atoms with van der Waals surface area (Å²) in [4.78, 5) is 0. The van der Waals surface area contributed by atoms with Gasteiger partial charge in [0.05, 0.1) is 16.3 Å². The molecule has 0 saturated carbocycles. The molecule has 0 fully saturated rings. The van der Waals surface area contributed by atoms with Crippen molar-refractivity contribution in [3.05, 3.63) is 53.3 Å². The molecule has 25 heavy (non-hydrogen) atoms. The van der Waals surface area contributed by atoms with Gasteiger partial charge in [0.25, 0.3) is 0 Å². The van der Waals surface area contributed by atoms with Crippen LogP contribution in [0.4, 0.5) is 0 Å². The van der Waals surface area contributed by atoms with Crippen LogP contribution in [-0.2, 0) is 14.1 Å². The molecule has 0 N–H and O–H groups in total. The van der Waals surface area contributed by atoms with Crippen molar-refractivity contribution in [1.82, 2.24) is 4.57 Å². The maximum absolute atomic E-state index is 6.49. The van der Waals surface area contributed by atoms with Gasteiger partial charge in [-0.3, -0.25) is 0 Å². The third kappa shape index (κ3) is 1.73. The zero-order valence-electron chi connectivity index (χ0n) is 15.3. The summed E-state index contributed by atoms with van der Waals surface area (Å²) in [6.45, 7) is 6.50. The first-order valence-corrected chi connectivity index (χ1v) is 8.67. The molecule has 124 valence electrons. The van der Waals surface area contributed by atoms with Crippen LogP contribution < -0.4 is 4.57 Å². The van der Waals surface area contributed by atoms with Crippen molar-refractivity contribution < 1.29 is 8.98 Å². The molecule has 0 amide bonds. The van der Waals surface area contributed by atoms with Crippen molar-refractivity contribution in [3.8, 4) is 0 Å². The molecule has 0 radical (unpaired) electrons. The van der Waals surface area contributed by atoms with Gasteiger partial charge in [0.15, 0.2) is 6.20 Å². The Labute approximate surface area is 146 Å². The van der Waals surface area contributed by atoms with Crippen molar-refractivity contribution in [1.29, 1.82) is 0 Å². The number of rotatable bonds is 0. The number of aromatic nitrogens is 2. The highest BCUT2D eigenvalue weighted by molar-refractivity contribution is 6.19. The lowest BCUT2D eigenvalue weighted by molar-refractivity contribution is -0.642. The quantitative estimate of drug-likeness (QED) is 0.223. The van der Waals surface area contributed by atoms with Crippen LogP contribution >= 0.6 is 0 Å². The van der Waals surface area contributed by atoms with Gasteiger partial charge >= 0.3 is 0 Å². The van der Waals surface area contributed by atoms with Crippen molar-refractivity contribution in [2.24, 2.45) is 14.1 Å². The van der Waals surface area contributed by atoms with Crippen LogP contribution in [0.15, 0.2) is 41.1 Å². The predicted octanol–water partition coefficient (Wildman–Crippen LogP) is 4.98. The fraction of sp³-hybridized carbons (Fsp3) is 0.227. The van der Waals surface area contributed by atoms with Crippen molar-refractivity contribution >= 4 is 43.7 Å². The first kappa shape index (κ1) is 14.5.